The Morgan fingerprint density at radius 2 is 0.667 bits per heavy atom. The van der Waals surface area contributed by atoms with Crippen LogP contribution in [-0.2, 0) is 28.6 Å². The summed E-state index contributed by atoms with van der Waals surface area (Å²) in [6.45, 7) is 11.3. The minimum absolute atomic E-state index is 0.0651. The number of hydrogen-bond donors (Lipinski definition) is 0. The lowest BCUT2D eigenvalue weighted by atomic mass is 9.99. The molecule has 338 valence electrons. The van der Waals surface area contributed by atoms with Crippen LogP contribution in [0.4, 0.5) is 0 Å². The molecule has 0 N–H and O–H groups in total. The summed E-state index contributed by atoms with van der Waals surface area (Å²) < 4.78 is 16.8. The largest absolute Gasteiger partial charge is 0.462 e. The van der Waals surface area contributed by atoms with Crippen molar-refractivity contribution in [1.29, 1.82) is 0 Å². The molecule has 0 saturated carbocycles. The first-order valence-corrected chi connectivity index (χ1v) is 25.3. The standard InChI is InChI=1S/C51H98O6/c1-6-8-9-10-11-12-13-14-15-16-17-18-22-25-31-36-41-49(52)55-44-48(57-51(54)43-38-33-28-27-29-34-39-46(3)4)45-56-50(53)42-37-32-26-23-20-19-21-24-30-35-40-47(5)7-2/h46-48H,6-45H2,1-5H3/t47?,48-/m0/s1. The summed E-state index contributed by atoms with van der Waals surface area (Å²) in [6, 6.07) is 0. The molecule has 0 aromatic heterocycles. The highest BCUT2D eigenvalue weighted by atomic mass is 16.6. The van der Waals surface area contributed by atoms with Crippen molar-refractivity contribution in [3.63, 3.8) is 0 Å². The third-order valence-electron chi connectivity index (χ3n) is 11.8. The zero-order valence-corrected chi connectivity index (χ0v) is 39.0. The topological polar surface area (TPSA) is 78.9 Å². The van der Waals surface area contributed by atoms with E-state index in [1.807, 2.05) is 0 Å². The van der Waals surface area contributed by atoms with Gasteiger partial charge in [0, 0.05) is 19.3 Å². The number of carbonyl (C=O) groups excluding carboxylic acids is 3. The third-order valence-corrected chi connectivity index (χ3v) is 11.8. The van der Waals surface area contributed by atoms with Crippen LogP contribution in [0.2, 0.25) is 0 Å². The van der Waals surface area contributed by atoms with Crippen LogP contribution in [0.25, 0.3) is 0 Å². The van der Waals surface area contributed by atoms with Crippen molar-refractivity contribution in [2.45, 2.75) is 285 Å². The summed E-state index contributed by atoms with van der Waals surface area (Å²) in [4.78, 5) is 37.8. The molecule has 2 atom stereocenters. The number of unbranched alkanes of at least 4 members (excludes halogenated alkanes) is 29. The van der Waals surface area contributed by atoms with Gasteiger partial charge in [-0.15, -0.1) is 0 Å². The number of carbonyl (C=O) groups is 3. The van der Waals surface area contributed by atoms with Crippen LogP contribution >= 0.6 is 0 Å². The quantitative estimate of drug-likeness (QED) is 0.0346. The van der Waals surface area contributed by atoms with Gasteiger partial charge in [-0.25, -0.2) is 0 Å². The van der Waals surface area contributed by atoms with E-state index in [1.54, 1.807) is 0 Å². The van der Waals surface area contributed by atoms with Gasteiger partial charge in [0.25, 0.3) is 0 Å². The summed E-state index contributed by atoms with van der Waals surface area (Å²) in [5.41, 5.74) is 0. The zero-order chi connectivity index (χ0) is 41.9. The van der Waals surface area contributed by atoms with Crippen molar-refractivity contribution < 1.29 is 28.6 Å². The maximum atomic E-state index is 12.7. The Labute approximate surface area is 355 Å². The first-order chi connectivity index (χ1) is 27.8. The Hall–Kier alpha value is -1.59. The van der Waals surface area contributed by atoms with Gasteiger partial charge in [0.2, 0.25) is 0 Å². The molecule has 57 heavy (non-hydrogen) atoms. The van der Waals surface area contributed by atoms with Gasteiger partial charge in [-0.3, -0.25) is 14.4 Å². The average molecular weight is 807 g/mol. The van der Waals surface area contributed by atoms with Crippen molar-refractivity contribution in [3.05, 3.63) is 0 Å². The van der Waals surface area contributed by atoms with Crippen LogP contribution in [0.5, 0.6) is 0 Å². The van der Waals surface area contributed by atoms with Crippen molar-refractivity contribution >= 4 is 17.9 Å². The van der Waals surface area contributed by atoms with Crippen LogP contribution in [-0.4, -0.2) is 37.2 Å². The van der Waals surface area contributed by atoms with Crippen molar-refractivity contribution in [2.75, 3.05) is 13.2 Å². The van der Waals surface area contributed by atoms with E-state index in [0.29, 0.717) is 19.3 Å². The lowest BCUT2D eigenvalue weighted by Gasteiger charge is -2.18. The van der Waals surface area contributed by atoms with Crippen LogP contribution in [0.15, 0.2) is 0 Å². The van der Waals surface area contributed by atoms with Gasteiger partial charge >= 0.3 is 17.9 Å². The van der Waals surface area contributed by atoms with E-state index in [4.69, 9.17) is 14.2 Å². The van der Waals surface area contributed by atoms with Gasteiger partial charge in [-0.2, -0.15) is 0 Å². The van der Waals surface area contributed by atoms with Gasteiger partial charge in [-0.1, -0.05) is 240 Å². The number of hydrogen-bond acceptors (Lipinski definition) is 6. The zero-order valence-electron chi connectivity index (χ0n) is 39.0. The van der Waals surface area contributed by atoms with Crippen LogP contribution in [0, 0.1) is 11.8 Å². The molecular weight excluding hydrogens is 709 g/mol. The van der Waals surface area contributed by atoms with Crippen molar-refractivity contribution in [1.82, 2.24) is 0 Å². The smallest absolute Gasteiger partial charge is 0.306 e. The molecule has 0 saturated heterocycles. The van der Waals surface area contributed by atoms with Gasteiger partial charge in [0.15, 0.2) is 6.10 Å². The maximum absolute atomic E-state index is 12.7. The molecule has 0 aliphatic carbocycles. The van der Waals surface area contributed by atoms with E-state index >= 15 is 0 Å². The Morgan fingerprint density at radius 1 is 0.368 bits per heavy atom. The van der Waals surface area contributed by atoms with Gasteiger partial charge in [-0.05, 0) is 31.1 Å². The van der Waals surface area contributed by atoms with Gasteiger partial charge < -0.3 is 14.2 Å². The summed E-state index contributed by atoms with van der Waals surface area (Å²) in [5.74, 6) is 0.773. The average Bonchev–Trinajstić information content (AvgIpc) is 3.19. The van der Waals surface area contributed by atoms with Crippen molar-refractivity contribution in [2.24, 2.45) is 11.8 Å². The molecule has 0 radical (unpaired) electrons. The summed E-state index contributed by atoms with van der Waals surface area (Å²) in [5, 5.41) is 0. The highest BCUT2D eigenvalue weighted by Gasteiger charge is 2.19. The Balaban J connectivity index is 4.26. The molecule has 0 rings (SSSR count). The molecule has 6 heteroatoms. The SMILES string of the molecule is CCCCCCCCCCCCCCCCCCC(=O)OC[C@@H](COC(=O)CCCCCCCCCCCCC(C)CC)OC(=O)CCCCCCCCC(C)C. The molecule has 0 aliphatic heterocycles. The van der Waals surface area contributed by atoms with E-state index in [9.17, 15) is 14.4 Å². The number of esters is 3. The predicted octanol–water partition coefficient (Wildman–Crippen LogP) is 16.1. The predicted molar refractivity (Wildman–Crippen MR) is 243 cm³/mol. The molecule has 0 amide bonds. The highest BCUT2D eigenvalue weighted by molar-refractivity contribution is 5.71. The highest BCUT2D eigenvalue weighted by Crippen LogP contribution is 2.18. The van der Waals surface area contributed by atoms with Crippen LogP contribution in [0.3, 0.4) is 0 Å². The molecule has 0 fully saturated rings. The molecule has 0 spiro atoms. The number of rotatable bonds is 45. The van der Waals surface area contributed by atoms with E-state index in [0.717, 1.165) is 69.6 Å². The van der Waals surface area contributed by atoms with E-state index < -0.39 is 6.10 Å². The Bertz CT molecular complexity index is 872. The second-order valence-electron chi connectivity index (χ2n) is 18.2. The maximum Gasteiger partial charge on any atom is 0.306 e. The fourth-order valence-electron chi connectivity index (χ4n) is 7.60. The third kappa shape index (κ3) is 43.8. The fraction of sp³-hybridized carbons (Fsp3) is 0.941. The van der Waals surface area contributed by atoms with Crippen LogP contribution < -0.4 is 0 Å². The van der Waals surface area contributed by atoms with Gasteiger partial charge in [0.05, 0.1) is 0 Å². The van der Waals surface area contributed by atoms with Gasteiger partial charge in [0.1, 0.15) is 13.2 Å². The van der Waals surface area contributed by atoms with E-state index in [1.165, 1.54) is 167 Å². The lowest BCUT2D eigenvalue weighted by molar-refractivity contribution is -0.167. The molecule has 0 aromatic carbocycles. The van der Waals surface area contributed by atoms with E-state index in [2.05, 4.69) is 34.6 Å². The molecular formula is C51H98O6. The molecule has 0 heterocycles. The second-order valence-corrected chi connectivity index (χ2v) is 18.2. The Kier molecular flexibility index (Phi) is 42.7. The summed E-state index contributed by atoms with van der Waals surface area (Å²) >= 11 is 0. The number of ether oxygens (including phenoxy) is 3. The molecule has 0 aliphatic rings. The van der Waals surface area contributed by atoms with E-state index in [-0.39, 0.29) is 31.1 Å². The first-order valence-electron chi connectivity index (χ1n) is 25.3. The van der Waals surface area contributed by atoms with Crippen molar-refractivity contribution in [3.8, 4) is 0 Å². The molecule has 6 nitrogen and oxygen atoms in total. The molecule has 0 bridgehead atoms. The minimum Gasteiger partial charge on any atom is -0.462 e. The minimum atomic E-state index is -0.762. The Morgan fingerprint density at radius 3 is 1.00 bits per heavy atom. The monoisotopic (exact) mass is 807 g/mol. The summed E-state index contributed by atoms with van der Waals surface area (Å²) in [6.07, 6.45) is 43.8. The summed E-state index contributed by atoms with van der Waals surface area (Å²) in [7, 11) is 0. The van der Waals surface area contributed by atoms with Crippen LogP contribution in [0.1, 0.15) is 279 Å². The lowest BCUT2D eigenvalue weighted by Crippen LogP contribution is -2.30. The molecule has 0 aromatic rings. The normalized spacial score (nSPS) is 12.5. The fourth-order valence-corrected chi connectivity index (χ4v) is 7.60. The first kappa shape index (κ1) is 55.4. The second kappa shape index (κ2) is 44.0. The molecule has 1 unspecified atom stereocenters.